The first-order valence-electron chi connectivity index (χ1n) is 33.7. The second kappa shape index (κ2) is 39.4. The molecule has 0 unspecified atom stereocenters. The van der Waals surface area contributed by atoms with Crippen molar-refractivity contribution in [1.29, 1.82) is 0 Å². The van der Waals surface area contributed by atoms with Crippen LogP contribution in [0, 0.1) is 0 Å². The summed E-state index contributed by atoms with van der Waals surface area (Å²) in [5, 5.41) is 12.3. The summed E-state index contributed by atoms with van der Waals surface area (Å²) >= 11 is 0. The number of amides is 3. The summed E-state index contributed by atoms with van der Waals surface area (Å²) in [6, 6.07) is 69.9. The van der Waals surface area contributed by atoms with E-state index < -0.39 is 109 Å². The molecule has 101 heavy (non-hydrogen) atoms. The molecule has 0 aliphatic carbocycles. The highest BCUT2D eigenvalue weighted by Crippen LogP contribution is 2.38. The van der Waals surface area contributed by atoms with Gasteiger partial charge >= 0.3 is 12.1 Å². The Hall–Kier alpha value is -9.65. The molecule has 2 aliphatic heterocycles. The second-order valence-corrected chi connectivity index (χ2v) is 24.5. The lowest BCUT2D eigenvalue weighted by molar-refractivity contribution is -0.363. The normalized spacial score (nSPS) is 21.5. The molecule has 8 aromatic rings. The van der Waals surface area contributed by atoms with Gasteiger partial charge in [0.15, 0.2) is 12.6 Å². The summed E-state index contributed by atoms with van der Waals surface area (Å²) < 4.78 is 81.0. The monoisotopic (exact) mass is 1370 g/mol. The van der Waals surface area contributed by atoms with Crippen LogP contribution in [0.1, 0.15) is 65.3 Å². The number of nitrogens with zero attached hydrogens (tertiary/aromatic N) is 3. The minimum absolute atomic E-state index is 0.00525. The first-order valence-corrected chi connectivity index (χ1v) is 33.7. The highest BCUT2D eigenvalue weighted by atomic mass is 16.7. The van der Waals surface area contributed by atoms with Gasteiger partial charge in [-0.3, -0.25) is 9.59 Å². The molecule has 10 rings (SSSR count). The van der Waals surface area contributed by atoms with Gasteiger partial charge in [0.25, 0.3) is 0 Å². The zero-order chi connectivity index (χ0) is 70.4. The van der Waals surface area contributed by atoms with E-state index in [0.29, 0.717) is 11.1 Å². The number of carbonyl (C=O) groups excluding carboxylic acids is 4. The second-order valence-electron chi connectivity index (χ2n) is 24.5. The number of esters is 1. The van der Waals surface area contributed by atoms with Crippen molar-refractivity contribution in [3.63, 3.8) is 0 Å². The predicted octanol–water partition coefficient (Wildman–Crippen LogP) is 11.7. The zero-order valence-electron chi connectivity index (χ0n) is 56.6. The fourth-order valence-electron chi connectivity index (χ4n) is 11.5. The molecular formula is C79H86N6O16. The van der Waals surface area contributed by atoms with Crippen LogP contribution in [0.3, 0.4) is 0 Å². The molecule has 3 amide bonds. The third-order valence-electron chi connectivity index (χ3n) is 16.9. The molecule has 0 aromatic heterocycles. The number of azide groups is 1. The van der Waals surface area contributed by atoms with E-state index in [1.807, 2.05) is 194 Å². The molecule has 0 saturated carbocycles. The van der Waals surface area contributed by atoms with Crippen molar-refractivity contribution in [2.45, 2.75) is 159 Å². The third kappa shape index (κ3) is 22.9. The smallest absolute Gasteiger partial charge is 0.408 e. The van der Waals surface area contributed by atoms with Crippen molar-refractivity contribution in [1.82, 2.24) is 16.0 Å². The number of hydrogen-bond acceptors (Lipinski definition) is 17. The number of nitrogens with one attached hydrogen (secondary N) is 3. The van der Waals surface area contributed by atoms with Crippen LogP contribution in [0.25, 0.3) is 10.4 Å². The molecule has 22 nitrogen and oxygen atoms in total. The minimum Gasteiger partial charge on any atom is -0.459 e. The zero-order valence-corrected chi connectivity index (χ0v) is 56.6. The van der Waals surface area contributed by atoms with E-state index in [0.717, 1.165) is 33.4 Å². The van der Waals surface area contributed by atoms with Crippen molar-refractivity contribution in [3.8, 4) is 0 Å². The van der Waals surface area contributed by atoms with Crippen molar-refractivity contribution >= 4 is 23.9 Å². The highest BCUT2D eigenvalue weighted by Gasteiger charge is 2.55. The molecule has 0 bridgehead atoms. The predicted molar refractivity (Wildman–Crippen MR) is 373 cm³/mol. The van der Waals surface area contributed by atoms with Crippen LogP contribution in [0.5, 0.6) is 0 Å². The summed E-state index contributed by atoms with van der Waals surface area (Å²) in [6.07, 6.45) is -13.1. The number of benzene rings is 8. The quantitative estimate of drug-likeness (QED) is 0.0143. The molecule has 528 valence electrons. The van der Waals surface area contributed by atoms with Crippen LogP contribution in [-0.4, -0.2) is 123 Å². The van der Waals surface area contributed by atoms with Crippen molar-refractivity contribution in [2.24, 2.45) is 5.11 Å². The lowest BCUT2D eigenvalue weighted by Gasteiger charge is -2.50. The van der Waals surface area contributed by atoms with Crippen LogP contribution in [0.2, 0.25) is 0 Å². The fraction of sp³-hybridized carbons (Fsp3) is 0.342. The van der Waals surface area contributed by atoms with Crippen LogP contribution in [0.15, 0.2) is 248 Å². The van der Waals surface area contributed by atoms with E-state index in [1.54, 1.807) is 48.5 Å². The van der Waals surface area contributed by atoms with E-state index in [9.17, 15) is 24.7 Å². The first kappa shape index (κ1) is 74.1. The maximum absolute atomic E-state index is 14.9. The van der Waals surface area contributed by atoms with Crippen LogP contribution in [0.4, 0.5) is 4.79 Å². The molecule has 14 atom stereocenters. The SMILES string of the molecule is C[C@H](NC(=O)OCc1ccccc1)C(=O)N[C@H](C(=O)N[C@@H](C)C(=O)OCc1ccccc1)[C@@H](C)O[C@H]1O[C@H](COCc2ccccc2)[C@H](OCc2ccccc2)[C@H](O[C@@H]2O[C@H](COCc3ccccc3)[C@H](OCc3ccccc3)[C@H](OCc3ccccc3)[C@H]2OCc2ccccc2)[C@H]1N=[N+]=[N-]. The first-order chi connectivity index (χ1) is 49.4. The summed E-state index contributed by atoms with van der Waals surface area (Å²) in [4.78, 5) is 59.6. The van der Waals surface area contributed by atoms with Gasteiger partial charge in [0, 0.05) is 4.91 Å². The van der Waals surface area contributed by atoms with Crippen LogP contribution < -0.4 is 16.0 Å². The van der Waals surface area contributed by atoms with Crippen LogP contribution in [-0.2, 0) is 124 Å². The van der Waals surface area contributed by atoms with Gasteiger partial charge in [-0.25, -0.2) is 9.59 Å². The largest absolute Gasteiger partial charge is 0.459 e. The number of carbonyl (C=O) groups is 4. The molecule has 22 heteroatoms. The average Bonchev–Trinajstić information content (AvgIpc) is 0.767. The Balaban J connectivity index is 1.03. The van der Waals surface area contributed by atoms with Gasteiger partial charge in [0.05, 0.1) is 59.0 Å². The third-order valence-corrected chi connectivity index (χ3v) is 16.9. The summed E-state index contributed by atoms with van der Waals surface area (Å²) in [5.41, 5.74) is 17.4. The Morgan fingerprint density at radius 1 is 0.406 bits per heavy atom. The van der Waals surface area contributed by atoms with Gasteiger partial charge in [-0.15, -0.1) is 0 Å². The Bertz CT molecular complexity index is 3800. The molecule has 2 fully saturated rings. The molecule has 2 saturated heterocycles. The van der Waals surface area contributed by atoms with Gasteiger partial charge < -0.3 is 72.8 Å². The van der Waals surface area contributed by atoms with Gasteiger partial charge in [0.1, 0.15) is 80.1 Å². The summed E-state index contributed by atoms with van der Waals surface area (Å²) in [6.45, 7) is 4.57. The number of alkyl carbamates (subject to hydrolysis) is 1. The molecule has 0 radical (unpaired) electrons. The standard InChI is InChI=1S/C79H86N6O16/c1-54(82-79(89)97-51-64-42-26-11-27-43-64)74(86)83-67(75(87)81-55(2)76(88)96-50-63-40-24-10-25-41-63)56(3)98-77-68(84-85-80)71(69(92-46-59-32-16-6-17-33-59)65(99-77)52-90-44-57-28-12-4-13-29-57)101-78-73(95-49-62-38-22-9-23-39-62)72(94-48-61-36-20-8-21-37-61)70(93-47-60-34-18-7-19-35-60)66(100-78)53-91-45-58-30-14-5-15-31-58/h4-43,54-56,65-73,77-78H,44-53H2,1-3H3,(H,81,87)(H,82,89)(H,83,86)/t54-,55-,56+,65+,66+,67-,68+,69-,70-,71+,72-,73+,77-,78-/m0/s1. The van der Waals surface area contributed by atoms with Gasteiger partial charge in [0.2, 0.25) is 11.8 Å². The summed E-state index contributed by atoms with van der Waals surface area (Å²) in [5.74, 6) is -2.52. The van der Waals surface area contributed by atoms with Gasteiger partial charge in [-0.05, 0) is 70.8 Å². The molecule has 0 spiro atoms. The summed E-state index contributed by atoms with van der Waals surface area (Å²) in [7, 11) is 0. The van der Waals surface area contributed by atoms with Crippen LogP contribution >= 0.6 is 0 Å². The molecule has 3 N–H and O–H groups in total. The lowest BCUT2D eigenvalue weighted by Crippen LogP contribution is -2.66. The van der Waals surface area contributed by atoms with Crippen molar-refractivity contribution in [2.75, 3.05) is 13.2 Å². The maximum Gasteiger partial charge on any atom is 0.408 e. The topological polar surface area (TPSA) is 264 Å². The van der Waals surface area contributed by atoms with E-state index in [2.05, 4.69) is 26.0 Å². The van der Waals surface area contributed by atoms with Crippen molar-refractivity contribution in [3.05, 3.63) is 298 Å². The Morgan fingerprint density at radius 2 is 0.762 bits per heavy atom. The number of rotatable bonds is 36. The Kier molecular flexibility index (Phi) is 28.9. The van der Waals surface area contributed by atoms with Gasteiger partial charge in [-0.2, -0.15) is 0 Å². The van der Waals surface area contributed by atoms with E-state index in [1.165, 1.54) is 20.8 Å². The van der Waals surface area contributed by atoms with Crippen molar-refractivity contribution < 1.29 is 76.0 Å². The lowest BCUT2D eigenvalue weighted by atomic mass is 9.95. The molecule has 2 heterocycles. The van der Waals surface area contributed by atoms with Gasteiger partial charge in [-0.1, -0.05) is 248 Å². The Morgan fingerprint density at radius 3 is 1.18 bits per heavy atom. The fourth-order valence-corrected chi connectivity index (χ4v) is 11.5. The molecule has 8 aromatic carbocycles. The van der Waals surface area contributed by atoms with E-state index >= 15 is 0 Å². The molecular weight excluding hydrogens is 1290 g/mol. The Labute approximate surface area is 588 Å². The maximum atomic E-state index is 14.9. The van der Waals surface area contributed by atoms with E-state index in [4.69, 9.17) is 56.8 Å². The highest BCUT2D eigenvalue weighted by molar-refractivity contribution is 5.93. The average molecular weight is 1380 g/mol. The van der Waals surface area contributed by atoms with E-state index in [-0.39, 0.29) is 66.1 Å². The minimum atomic E-state index is -1.67. The number of hydrogen-bond donors (Lipinski definition) is 3. The molecule has 2 aliphatic rings. The number of ether oxygens (including phenoxy) is 12.